The van der Waals surface area contributed by atoms with Crippen molar-refractivity contribution in [2.45, 2.75) is 106 Å². The standard InChI is InChI=1S/C30H46O3/c1-25(2)14-16-30(24(32)33)17-15-28(6)19(20(30)18-25)8-9-22-27(5)12-11-23(31)26(3,4)21(27)10-13-29(22,28)7/h8,15,17,20-23,31H,9-14,16,18H2,1-7H3,(H,32,33). The van der Waals surface area contributed by atoms with Gasteiger partial charge < -0.3 is 10.2 Å². The summed E-state index contributed by atoms with van der Waals surface area (Å²) in [6.45, 7) is 16.7. The SMILES string of the molecule is CC1(C)CCC2(C(=O)O)C=CC3(C)C(=CCC4C5(C)CCC(O)C(C)(C)C5CCC43C)C2C1. The summed E-state index contributed by atoms with van der Waals surface area (Å²) in [5, 5.41) is 21.3. The average Bonchev–Trinajstić information content (AvgIpc) is 2.71. The summed E-state index contributed by atoms with van der Waals surface area (Å²) >= 11 is 0. The molecule has 33 heavy (non-hydrogen) atoms. The number of rotatable bonds is 1. The van der Waals surface area contributed by atoms with Crippen LogP contribution in [0.4, 0.5) is 0 Å². The van der Waals surface area contributed by atoms with Gasteiger partial charge in [0.2, 0.25) is 0 Å². The highest BCUT2D eigenvalue weighted by Crippen LogP contribution is 2.74. The van der Waals surface area contributed by atoms with Gasteiger partial charge in [0.1, 0.15) is 0 Å². The van der Waals surface area contributed by atoms with E-state index < -0.39 is 11.4 Å². The molecule has 8 unspecified atom stereocenters. The van der Waals surface area contributed by atoms with Crippen LogP contribution in [-0.2, 0) is 4.79 Å². The predicted molar refractivity (Wildman–Crippen MR) is 133 cm³/mol. The number of hydrogen-bond acceptors (Lipinski definition) is 2. The number of carbonyl (C=O) groups is 1. The van der Waals surface area contributed by atoms with Gasteiger partial charge in [0.25, 0.3) is 0 Å². The van der Waals surface area contributed by atoms with Crippen LogP contribution in [0.15, 0.2) is 23.8 Å². The lowest BCUT2D eigenvalue weighted by Gasteiger charge is -2.70. The maximum atomic E-state index is 12.7. The zero-order valence-corrected chi connectivity index (χ0v) is 22.0. The minimum Gasteiger partial charge on any atom is -0.481 e. The molecule has 3 heteroatoms. The van der Waals surface area contributed by atoms with E-state index in [2.05, 4.69) is 66.7 Å². The molecule has 0 radical (unpaired) electrons. The molecule has 5 aliphatic rings. The highest BCUT2D eigenvalue weighted by atomic mass is 16.4. The van der Waals surface area contributed by atoms with Crippen molar-refractivity contribution in [3.63, 3.8) is 0 Å². The maximum Gasteiger partial charge on any atom is 0.314 e. The molecular weight excluding hydrogens is 408 g/mol. The topological polar surface area (TPSA) is 57.5 Å². The lowest BCUT2D eigenvalue weighted by atomic mass is 9.34. The van der Waals surface area contributed by atoms with Crippen LogP contribution in [0.5, 0.6) is 0 Å². The van der Waals surface area contributed by atoms with Crippen molar-refractivity contribution in [2.24, 2.45) is 50.2 Å². The van der Waals surface area contributed by atoms with E-state index in [1.54, 1.807) is 0 Å². The van der Waals surface area contributed by atoms with Crippen molar-refractivity contribution >= 4 is 5.97 Å². The minimum absolute atomic E-state index is 0.0481. The van der Waals surface area contributed by atoms with Crippen LogP contribution in [0, 0.1) is 50.2 Å². The van der Waals surface area contributed by atoms with E-state index in [0.29, 0.717) is 11.8 Å². The molecule has 8 atom stereocenters. The first kappa shape index (κ1) is 23.6. The fourth-order valence-corrected chi connectivity index (χ4v) is 10.1. The molecule has 5 aliphatic carbocycles. The molecule has 0 aliphatic heterocycles. The Labute approximate surface area is 201 Å². The molecule has 184 valence electrons. The third-order valence-corrected chi connectivity index (χ3v) is 12.5. The Morgan fingerprint density at radius 1 is 0.909 bits per heavy atom. The first-order valence-corrected chi connectivity index (χ1v) is 13.5. The largest absolute Gasteiger partial charge is 0.481 e. The van der Waals surface area contributed by atoms with Crippen LogP contribution >= 0.6 is 0 Å². The maximum absolute atomic E-state index is 12.7. The summed E-state index contributed by atoms with van der Waals surface area (Å²) < 4.78 is 0. The molecule has 0 saturated heterocycles. The molecule has 0 spiro atoms. The van der Waals surface area contributed by atoms with Crippen LogP contribution in [-0.4, -0.2) is 22.3 Å². The van der Waals surface area contributed by atoms with Crippen molar-refractivity contribution in [3.05, 3.63) is 23.8 Å². The zero-order valence-electron chi connectivity index (χ0n) is 22.0. The van der Waals surface area contributed by atoms with Crippen LogP contribution in [0.2, 0.25) is 0 Å². The summed E-state index contributed by atoms with van der Waals surface area (Å²) in [5.41, 5.74) is 1.06. The minimum atomic E-state index is -0.734. The van der Waals surface area contributed by atoms with Crippen LogP contribution in [0.25, 0.3) is 0 Å². The van der Waals surface area contributed by atoms with Gasteiger partial charge in [-0.15, -0.1) is 0 Å². The van der Waals surface area contributed by atoms with Crippen molar-refractivity contribution < 1.29 is 15.0 Å². The van der Waals surface area contributed by atoms with E-state index in [1.165, 1.54) is 5.57 Å². The molecule has 2 N–H and O–H groups in total. The lowest BCUT2D eigenvalue weighted by molar-refractivity contribution is -0.191. The Balaban J connectivity index is 1.62. The van der Waals surface area contributed by atoms with Gasteiger partial charge >= 0.3 is 5.97 Å². The second kappa shape index (κ2) is 6.77. The molecule has 0 aromatic carbocycles. The molecule has 0 aromatic heterocycles. The molecule has 5 rings (SSSR count). The van der Waals surface area contributed by atoms with Gasteiger partial charge in [-0.3, -0.25) is 4.79 Å². The predicted octanol–water partition coefficient (Wildman–Crippen LogP) is 7.01. The number of carboxylic acids is 1. The first-order valence-electron chi connectivity index (χ1n) is 13.5. The van der Waals surface area contributed by atoms with Crippen molar-refractivity contribution in [1.82, 2.24) is 0 Å². The second-order valence-electron chi connectivity index (χ2n) is 14.6. The third-order valence-electron chi connectivity index (χ3n) is 12.5. The van der Waals surface area contributed by atoms with Gasteiger partial charge in [-0.1, -0.05) is 72.3 Å². The smallest absolute Gasteiger partial charge is 0.314 e. The van der Waals surface area contributed by atoms with Crippen molar-refractivity contribution in [2.75, 3.05) is 0 Å². The normalized spacial score (nSPS) is 51.9. The zero-order chi connectivity index (χ0) is 24.2. The molecule has 0 heterocycles. The Kier molecular flexibility index (Phi) is 4.85. The molecule has 0 aromatic rings. The van der Waals surface area contributed by atoms with Gasteiger partial charge in [0.05, 0.1) is 11.5 Å². The number of aliphatic hydroxyl groups is 1. The summed E-state index contributed by atoms with van der Waals surface area (Å²) in [4.78, 5) is 12.7. The second-order valence-corrected chi connectivity index (χ2v) is 14.6. The summed E-state index contributed by atoms with van der Waals surface area (Å²) in [6.07, 6.45) is 14.8. The fourth-order valence-electron chi connectivity index (χ4n) is 10.1. The third kappa shape index (κ3) is 2.81. The fraction of sp³-hybridized carbons (Fsp3) is 0.833. The highest BCUT2D eigenvalue weighted by Gasteiger charge is 2.68. The monoisotopic (exact) mass is 454 g/mol. The number of aliphatic carboxylic acids is 1. The quantitative estimate of drug-likeness (QED) is 0.419. The summed E-state index contributed by atoms with van der Waals surface area (Å²) in [5.74, 6) is 0.558. The van der Waals surface area contributed by atoms with Gasteiger partial charge in [0, 0.05) is 11.3 Å². The van der Waals surface area contributed by atoms with E-state index in [1.807, 2.05) is 0 Å². The molecule has 0 bridgehead atoms. The summed E-state index contributed by atoms with van der Waals surface area (Å²) in [6, 6.07) is 0. The first-order chi connectivity index (χ1) is 15.1. The Morgan fingerprint density at radius 2 is 1.61 bits per heavy atom. The van der Waals surface area contributed by atoms with Gasteiger partial charge in [-0.25, -0.2) is 0 Å². The van der Waals surface area contributed by atoms with E-state index >= 15 is 0 Å². The van der Waals surface area contributed by atoms with Crippen molar-refractivity contribution in [1.29, 1.82) is 0 Å². The van der Waals surface area contributed by atoms with Crippen LogP contribution in [0.1, 0.15) is 99.8 Å². The molecule has 3 saturated carbocycles. The Hall–Kier alpha value is -1.09. The average molecular weight is 455 g/mol. The van der Waals surface area contributed by atoms with E-state index in [4.69, 9.17) is 0 Å². The summed E-state index contributed by atoms with van der Waals surface area (Å²) in [7, 11) is 0. The van der Waals surface area contributed by atoms with Crippen LogP contribution < -0.4 is 0 Å². The lowest BCUT2D eigenvalue weighted by Crippen LogP contribution is -2.64. The van der Waals surface area contributed by atoms with E-state index in [-0.39, 0.29) is 39.1 Å². The number of aliphatic hydroxyl groups excluding tert-OH is 1. The van der Waals surface area contributed by atoms with Crippen molar-refractivity contribution in [3.8, 4) is 0 Å². The van der Waals surface area contributed by atoms with E-state index in [9.17, 15) is 15.0 Å². The van der Waals surface area contributed by atoms with Gasteiger partial charge in [0.15, 0.2) is 0 Å². The molecule has 0 amide bonds. The number of allylic oxidation sites excluding steroid dienone is 3. The Bertz CT molecular complexity index is 927. The molecule has 3 fully saturated rings. The number of hydrogen-bond donors (Lipinski definition) is 2. The Morgan fingerprint density at radius 3 is 2.27 bits per heavy atom. The highest BCUT2D eigenvalue weighted by molar-refractivity contribution is 5.79. The van der Waals surface area contributed by atoms with Crippen LogP contribution in [0.3, 0.4) is 0 Å². The number of carboxylic acid groups (broad SMARTS) is 1. The molecular formula is C30H46O3. The molecule has 3 nitrogen and oxygen atoms in total. The van der Waals surface area contributed by atoms with Gasteiger partial charge in [-0.2, -0.15) is 0 Å². The van der Waals surface area contributed by atoms with E-state index in [0.717, 1.165) is 51.4 Å². The van der Waals surface area contributed by atoms with Gasteiger partial charge in [-0.05, 0) is 84.9 Å². The number of fused-ring (bicyclic) bond motifs is 7.